The van der Waals surface area contributed by atoms with Crippen molar-refractivity contribution in [2.24, 2.45) is 0 Å². The number of amides is 2. The van der Waals surface area contributed by atoms with Crippen LogP contribution >= 0.6 is 0 Å². The maximum Gasteiger partial charge on any atom is 0.317 e. The minimum atomic E-state index is -0.0113. The van der Waals surface area contributed by atoms with Crippen molar-refractivity contribution in [1.29, 1.82) is 0 Å². The van der Waals surface area contributed by atoms with Crippen molar-refractivity contribution in [3.8, 4) is 0 Å². The van der Waals surface area contributed by atoms with Gasteiger partial charge in [-0.05, 0) is 14.0 Å². The molecule has 0 atom stereocenters. The number of nitrogens with one attached hydrogen (secondary N) is 2. The van der Waals surface area contributed by atoms with Crippen LogP contribution < -0.4 is 10.6 Å². The molecule has 0 heterocycles. The van der Waals surface area contributed by atoms with E-state index in [1.807, 2.05) is 14.0 Å². The first-order chi connectivity index (χ1) is 5.22. The van der Waals surface area contributed by atoms with Crippen molar-refractivity contribution in [3.63, 3.8) is 0 Å². The molecule has 0 rings (SSSR count). The van der Waals surface area contributed by atoms with Crippen LogP contribution in [0.4, 0.5) is 4.79 Å². The Labute approximate surface area is 67.9 Å². The summed E-state index contributed by atoms with van der Waals surface area (Å²) in [5, 5.41) is 5.69. The van der Waals surface area contributed by atoms with E-state index in [1.165, 1.54) is 0 Å². The van der Waals surface area contributed by atoms with Gasteiger partial charge in [-0.3, -0.25) is 0 Å². The summed E-state index contributed by atoms with van der Waals surface area (Å²) in [7, 11) is 3.65. The van der Waals surface area contributed by atoms with Gasteiger partial charge in [-0.25, -0.2) is 4.79 Å². The van der Waals surface area contributed by atoms with Gasteiger partial charge < -0.3 is 15.5 Å². The standard InChI is InChI=1S/C7H17N3O/c1-4-9-7(11)10(3)6-5-8-2/h8H,4-6H2,1-3H3,(H,9,11). The van der Waals surface area contributed by atoms with Crippen molar-refractivity contribution in [2.45, 2.75) is 6.92 Å². The van der Waals surface area contributed by atoms with E-state index in [2.05, 4.69) is 10.6 Å². The second kappa shape index (κ2) is 5.97. The molecule has 0 aromatic carbocycles. The summed E-state index contributed by atoms with van der Waals surface area (Å²) in [6.45, 7) is 4.16. The summed E-state index contributed by atoms with van der Waals surface area (Å²) >= 11 is 0. The van der Waals surface area contributed by atoms with E-state index in [0.29, 0.717) is 6.54 Å². The van der Waals surface area contributed by atoms with Gasteiger partial charge in [0.2, 0.25) is 0 Å². The van der Waals surface area contributed by atoms with Gasteiger partial charge in [0.15, 0.2) is 0 Å². The zero-order valence-corrected chi connectivity index (χ0v) is 7.48. The Morgan fingerprint density at radius 1 is 1.55 bits per heavy atom. The molecule has 2 N–H and O–H groups in total. The molecule has 0 saturated carbocycles. The molecule has 0 aliphatic heterocycles. The van der Waals surface area contributed by atoms with Crippen molar-refractivity contribution >= 4 is 6.03 Å². The number of hydrogen-bond acceptors (Lipinski definition) is 2. The largest absolute Gasteiger partial charge is 0.338 e. The van der Waals surface area contributed by atoms with Crippen LogP contribution in [0, 0.1) is 0 Å². The van der Waals surface area contributed by atoms with E-state index < -0.39 is 0 Å². The van der Waals surface area contributed by atoms with E-state index >= 15 is 0 Å². The number of hydrogen-bond donors (Lipinski definition) is 2. The third-order valence-electron chi connectivity index (χ3n) is 1.37. The first-order valence-electron chi connectivity index (χ1n) is 3.86. The fraction of sp³-hybridized carbons (Fsp3) is 0.857. The van der Waals surface area contributed by atoms with Crippen molar-refractivity contribution < 1.29 is 4.79 Å². The van der Waals surface area contributed by atoms with Crippen molar-refractivity contribution in [3.05, 3.63) is 0 Å². The summed E-state index contributed by atoms with van der Waals surface area (Å²) in [5.41, 5.74) is 0. The number of likely N-dealkylation sites (N-methyl/N-ethyl adjacent to an activating group) is 2. The fourth-order valence-electron chi connectivity index (χ4n) is 0.667. The van der Waals surface area contributed by atoms with E-state index in [9.17, 15) is 4.79 Å². The lowest BCUT2D eigenvalue weighted by Gasteiger charge is -2.16. The summed E-state index contributed by atoms with van der Waals surface area (Å²) < 4.78 is 0. The van der Waals surface area contributed by atoms with E-state index in [4.69, 9.17) is 0 Å². The van der Waals surface area contributed by atoms with Crippen LogP contribution in [0.5, 0.6) is 0 Å². The van der Waals surface area contributed by atoms with Gasteiger partial charge in [0.05, 0.1) is 0 Å². The third-order valence-corrected chi connectivity index (χ3v) is 1.37. The van der Waals surface area contributed by atoms with Gasteiger partial charge in [0.1, 0.15) is 0 Å². The number of carbonyl (C=O) groups excluding carboxylic acids is 1. The molecule has 66 valence electrons. The van der Waals surface area contributed by atoms with Crippen molar-refractivity contribution in [1.82, 2.24) is 15.5 Å². The Kier molecular flexibility index (Phi) is 5.56. The van der Waals surface area contributed by atoms with Crippen LogP contribution in [0.3, 0.4) is 0 Å². The zero-order chi connectivity index (χ0) is 8.69. The summed E-state index contributed by atoms with van der Waals surface area (Å²) in [4.78, 5) is 12.7. The van der Waals surface area contributed by atoms with Crippen LogP contribution in [-0.4, -0.2) is 44.7 Å². The highest BCUT2D eigenvalue weighted by Gasteiger charge is 2.03. The fourth-order valence-corrected chi connectivity index (χ4v) is 0.667. The van der Waals surface area contributed by atoms with E-state index in [-0.39, 0.29) is 6.03 Å². The number of nitrogens with zero attached hydrogens (tertiary/aromatic N) is 1. The van der Waals surface area contributed by atoms with Crippen LogP contribution in [0.1, 0.15) is 6.92 Å². The monoisotopic (exact) mass is 159 g/mol. The molecule has 0 aliphatic carbocycles. The summed E-state index contributed by atoms with van der Waals surface area (Å²) in [6.07, 6.45) is 0. The Morgan fingerprint density at radius 3 is 2.64 bits per heavy atom. The number of rotatable bonds is 4. The van der Waals surface area contributed by atoms with Gasteiger partial charge in [-0.1, -0.05) is 0 Å². The van der Waals surface area contributed by atoms with Crippen LogP contribution in [0.15, 0.2) is 0 Å². The minimum absolute atomic E-state index is 0.0113. The SMILES string of the molecule is CCNC(=O)N(C)CCNC. The zero-order valence-electron chi connectivity index (χ0n) is 7.48. The summed E-state index contributed by atoms with van der Waals surface area (Å²) in [6, 6.07) is -0.0113. The normalized spacial score (nSPS) is 9.36. The molecule has 0 aromatic rings. The molecule has 0 unspecified atom stereocenters. The topological polar surface area (TPSA) is 44.4 Å². The van der Waals surface area contributed by atoms with Crippen molar-refractivity contribution in [2.75, 3.05) is 33.7 Å². The number of urea groups is 1. The van der Waals surface area contributed by atoms with Crippen LogP contribution in [0.25, 0.3) is 0 Å². The molecule has 0 aromatic heterocycles. The second-order valence-corrected chi connectivity index (χ2v) is 2.36. The molecule has 0 spiro atoms. The predicted octanol–water partition coefficient (Wildman–Crippen LogP) is -0.133. The molecule has 0 fully saturated rings. The molecule has 0 aliphatic rings. The smallest absolute Gasteiger partial charge is 0.317 e. The highest BCUT2D eigenvalue weighted by atomic mass is 16.2. The second-order valence-electron chi connectivity index (χ2n) is 2.36. The number of carbonyl (C=O) groups is 1. The highest BCUT2D eigenvalue weighted by Crippen LogP contribution is 1.81. The molecule has 0 radical (unpaired) electrons. The lowest BCUT2D eigenvalue weighted by molar-refractivity contribution is 0.210. The lowest BCUT2D eigenvalue weighted by atomic mass is 10.5. The Bertz CT molecular complexity index is 116. The molecule has 2 amide bonds. The molecular formula is C7H17N3O. The van der Waals surface area contributed by atoms with Crippen LogP contribution in [-0.2, 0) is 0 Å². The molecule has 11 heavy (non-hydrogen) atoms. The molecule has 0 saturated heterocycles. The minimum Gasteiger partial charge on any atom is -0.338 e. The maximum atomic E-state index is 11.0. The third kappa shape index (κ3) is 4.61. The average Bonchev–Trinajstić information content (AvgIpc) is 2.00. The Hall–Kier alpha value is -0.770. The van der Waals surface area contributed by atoms with Gasteiger partial charge in [-0.15, -0.1) is 0 Å². The highest BCUT2D eigenvalue weighted by molar-refractivity contribution is 5.73. The van der Waals surface area contributed by atoms with E-state index in [1.54, 1.807) is 11.9 Å². The summed E-state index contributed by atoms with van der Waals surface area (Å²) in [5.74, 6) is 0. The Balaban J connectivity index is 3.46. The molecule has 4 heteroatoms. The van der Waals surface area contributed by atoms with Crippen LogP contribution in [0.2, 0.25) is 0 Å². The van der Waals surface area contributed by atoms with E-state index in [0.717, 1.165) is 13.1 Å². The molecule has 4 nitrogen and oxygen atoms in total. The first-order valence-corrected chi connectivity index (χ1v) is 3.86. The van der Waals surface area contributed by atoms with Gasteiger partial charge in [-0.2, -0.15) is 0 Å². The quantitative estimate of drug-likeness (QED) is 0.600. The lowest BCUT2D eigenvalue weighted by Crippen LogP contribution is -2.40. The molecular weight excluding hydrogens is 142 g/mol. The van der Waals surface area contributed by atoms with Gasteiger partial charge >= 0.3 is 6.03 Å². The van der Waals surface area contributed by atoms with Gasteiger partial charge in [0.25, 0.3) is 0 Å². The average molecular weight is 159 g/mol. The van der Waals surface area contributed by atoms with Gasteiger partial charge in [0, 0.05) is 26.7 Å². The maximum absolute atomic E-state index is 11.0. The first kappa shape index (κ1) is 10.2. The Morgan fingerprint density at radius 2 is 2.18 bits per heavy atom. The predicted molar refractivity (Wildman–Crippen MR) is 45.6 cm³/mol. The molecule has 0 bridgehead atoms.